The minimum Gasteiger partial charge on any atom is -0.412 e. The Morgan fingerprint density at radius 2 is 0.800 bits per heavy atom. The molecule has 0 saturated carbocycles. The van der Waals surface area contributed by atoms with Gasteiger partial charge in [-0.15, -0.1) is 0 Å². The molecule has 15 heavy (non-hydrogen) atoms. The molecule has 0 aromatic rings. The van der Waals surface area contributed by atoms with E-state index < -0.39 is 0 Å². The number of amides is 4. The maximum Gasteiger partial charge on any atom is 0.250 e. The van der Waals surface area contributed by atoms with Gasteiger partial charge in [-0.05, 0) is 0 Å². The number of rotatable bonds is 0. The average Bonchev–Trinajstić information content (AvgIpc) is 2.63. The Morgan fingerprint density at radius 3 is 0.867 bits per heavy atom. The van der Waals surface area contributed by atoms with E-state index in [1.807, 2.05) is 10.6 Å². The molecule has 0 unspecified atom stereocenters. The molecule has 0 atom stereocenters. The van der Waals surface area contributed by atoms with Crippen molar-refractivity contribution in [2.24, 2.45) is 0 Å². The molecule has 2 heterocycles. The van der Waals surface area contributed by atoms with Gasteiger partial charge in [0.05, 0.1) is 0 Å². The molecule has 0 aromatic heterocycles. The molecule has 0 radical (unpaired) electrons. The molecule has 0 aliphatic carbocycles. The van der Waals surface area contributed by atoms with Gasteiger partial charge in [-0.3, -0.25) is 29.8 Å². The van der Waals surface area contributed by atoms with Crippen molar-refractivity contribution in [3.8, 4) is 0 Å². The number of carbonyl (C=O) groups is 4. The summed E-state index contributed by atoms with van der Waals surface area (Å²) in [4.78, 5) is 40.1. The number of imide groups is 2. The van der Waals surface area contributed by atoms with Crippen LogP contribution in [0, 0.1) is 0 Å². The third-order valence-corrected chi connectivity index (χ3v) is 1.26. The Kier molecular flexibility index (Phi) is 4.62. The van der Waals surface area contributed by atoms with Gasteiger partial charge in [0.25, 0.3) is 23.6 Å². The Morgan fingerprint density at radius 1 is 0.600 bits per heavy atom. The van der Waals surface area contributed by atoms with E-state index in [2.05, 4.69) is 0 Å². The van der Waals surface area contributed by atoms with E-state index in [0.29, 0.717) is 0 Å². The number of carbonyl (C=O) groups excluding carboxylic acids is 4. The quantitative estimate of drug-likeness (QED) is 0.433. The van der Waals surface area contributed by atoms with Crippen molar-refractivity contribution in [1.82, 2.24) is 10.6 Å². The highest BCUT2D eigenvalue weighted by Crippen LogP contribution is 1.83. The predicted octanol–water partition coefficient (Wildman–Crippen LogP) is -2.43. The second-order valence-corrected chi connectivity index (χ2v) is 2.37. The fourth-order valence-corrected chi connectivity index (χ4v) is 0.712. The summed E-state index contributed by atoms with van der Waals surface area (Å²) in [6.45, 7) is 0. The molecule has 2 aliphatic heterocycles. The summed E-state index contributed by atoms with van der Waals surface area (Å²) in [6, 6.07) is 0. The summed E-state index contributed by atoms with van der Waals surface area (Å²) in [5, 5.41) is 4.06. The first kappa shape index (κ1) is 12.7. The predicted molar refractivity (Wildman–Crippen MR) is 48.2 cm³/mol. The smallest absolute Gasteiger partial charge is 0.250 e. The van der Waals surface area contributed by atoms with Crippen molar-refractivity contribution >= 4 is 23.6 Å². The van der Waals surface area contributed by atoms with E-state index in [1.165, 1.54) is 24.3 Å². The molecule has 0 spiro atoms. The van der Waals surface area contributed by atoms with Crippen molar-refractivity contribution in [1.29, 1.82) is 0 Å². The number of hydrogen-bond acceptors (Lipinski definition) is 4. The molecule has 4 N–H and O–H groups in total. The highest BCUT2D eigenvalue weighted by molar-refractivity contribution is 6.13. The first-order chi connectivity index (χ1) is 6.58. The lowest BCUT2D eigenvalue weighted by Crippen LogP contribution is -2.19. The van der Waals surface area contributed by atoms with Gasteiger partial charge in [0, 0.05) is 24.3 Å². The molecule has 4 amide bonds. The van der Waals surface area contributed by atoms with Crippen LogP contribution in [0.3, 0.4) is 0 Å². The molecule has 7 nitrogen and oxygen atoms in total. The Bertz CT molecular complexity index is 301. The van der Waals surface area contributed by atoms with E-state index >= 15 is 0 Å². The molecule has 80 valence electrons. The standard InChI is InChI=1S/2C4H3NO2.H2O/c2*6-3-1-2-4(7)5-3;/h2*1-2H,(H,5,6,7);1H2. The van der Waals surface area contributed by atoms with Crippen LogP contribution in [-0.2, 0) is 19.2 Å². The Balaban J connectivity index is 0.000000245. The van der Waals surface area contributed by atoms with E-state index in [4.69, 9.17) is 0 Å². The van der Waals surface area contributed by atoms with Crippen molar-refractivity contribution in [3.63, 3.8) is 0 Å². The van der Waals surface area contributed by atoms with Crippen LogP contribution in [-0.4, -0.2) is 29.1 Å². The average molecular weight is 212 g/mol. The highest BCUT2D eigenvalue weighted by Gasteiger charge is 2.07. The summed E-state index contributed by atoms with van der Waals surface area (Å²) < 4.78 is 0. The zero-order valence-corrected chi connectivity index (χ0v) is 7.44. The molecular weight excluding hydrogens is 204 g/mol. The topological polar surface area (TPSA) is 124 Å². The van der Waals surface area contributed by atoms with Crippen LogP contribution < -0.4 is 10.6 Å². The first-order valence-corrected chi connectivity index (χ1v) is 3.64. The van der Waals surface area contributed by atoms with E-state index in [1.54, 1.807) is 0 Å². The fourth-order valence-electron chi connectivity index (χ4n) is 0.712. The Labute approximate surface area is 84.1 Å². The molecule has 0 fully saturated rings. The second-order valence-electron chi connectivity index (χ2n) is 2.37. The van der Waals surface area contributed by atoms with Crippen molar-refractivity contribution < 1.29 is 24.7 Å². The molecule has 0 bridgehead atoms. The van der Waals surface area contributed by atoms with Crippen LogP contribution in [0.25, 0.3) is 0 Å². The van der Waals surface area contributed by atoms with E-state index in [-0.39, 0.29) is 29.1 Å². The third-order valence-electron chi connectivity index (χ3n) is 1.26. The lowest BCUT2D eigenvalue weighted by atomic mass is 10.6. The van der Waals surface area contributed by atoms with Crippen LogP contribution >= 0.6 is 0 Å². The van der Waals surface area contributed by atoms with Crippen molar-refractivity contribution in [2.75, 3.05) is 0 Å². The van der Waals surface area contributed by atoms with Gasteiger partial charge in [-0.25, -0.2) is 0 Å². The lowest BCUT2D eigenvalue weighted by Gasteiger charge is -1.80. The zero-order chi connectivity index (χ0) is 10.6. The van der Waals surface area contributed by atoms with Gasteiger partial charge in [-0.2, -0.15) is 0 Å². The minimum atomic E-state index is -0.329. The van der Waals surface area contributed by atoms with Crippen molar-refractivity contribution in [3.05, 3.63) is 24.3 Å². The van der Waals surface area contributed by atoms with E-state index in [9.17, 15) is 19.2 Å². The largest absolute Gasteiger partial charge is 0.412 e. The SMILES string of the molecule is O.O=C1C=CC(=O)N1.O=C1C=CC(=O)N1. The molecular formula is C8H8N2O5. The number of nitrogens with one attached hydrogen (secondary N) is 2. The van der Waals surface area contributed by atoms with E-state index in [0.717, 1.165) is 0 Å². The number of hydrogen-bond donors (Lipinski definition) is 2. The van der Waals surface area contributed by atoms with Gasteiger partial charge in [0.1, 0.15) is 0 Å². The Hall–Kier alpha value is -2.28. The van der Waals surface area contributed by atoms with Crippen LogP contribution in [0.15, 0.2) is 24.3 Å². The van der Waals surface area contributed by atoms with Crippen LogP contribution in [0.4, 0.5) is 0 Å². The van der Waals surface area contributed by atoms with Crippen LogP contribution in [0.2, 0.25) is 0 Å². The van der Waals surface area contributed by atoms with Crippen LogP contribution in [0.1, 0.15) is 0 Å². The zero-order valence-electron chi connectivity index (χ0n) is 7.44. The van der Waals surface area contributed by atoms with Gasteiger partial charge >= 0.3 is 0 Å². The van der Waals surface area contributed by atoms with Crippen LogP contribution in [0.5, 0.6) is 0 Å². The maximum absolute atomic E-state index is 10.0. The molecule has 0 aromatic carbocycles. The normalized spacial score (nSPS) is 16.5. The summed E-state index contributed by atoms with van der Waals surface area (Å²) in [5.41, 5.74) is 0. The minimum absolute atomic E-state index is 0. The third kappa shape index (κ3) is 4.48. The van der Waals surface area contributed by atoms with Crippen molar-refractivity contribution in [2.45, 2.75) is 0 Å². The molecule has 0 saturated heterocycles. The highest BCUT2D eigenvalue weighted by atomic mass is 16.2. The maximum atomic E-state index is 10.0. The molecule has 2 rings (SSSR count). The summed E-state index contributed by atoms with van der Waals surface area (Å²) >= 11 is 0. The second kappa shape index (κ2) is 5.45. The fraction of sp³-hybridized carbons (Fsp3) is 0. The summed E-state index contributed by atoms with van der Waals surface area (Å²) in [5.74, 6) is -1.31. The lowest BCUT2D eigenvalue weighted by molar-refractivity contribution is -0.125. The monoisotopic (exact) mass is 212 g/mol. The molecule has 7 heteroatoms. The molecule has 2 aliphatic rings. The van der Waals surface area contributed by atoms with Gasteiger partial charge in [0.2, 0.25) is 0 Å². The van der Waals surface area contributed by atoms with Gasteiger partial charge < -0.3 is 5.48 Å². The summed E-state index contributed by atoms with van der Waals surface area (Å²) in [7, 11) is 0. The van der Waals surface area contributed by atoms with Gasteiger partial charge in [0.15, 0.2) is 0 Å². The van der Waals surface area contributed by atoms with Gasteiger partial charge in [-0.1, -0.05) is 0 Å². The first-order valence-electron chi connectivity index (χ1n) is 3.64. The summed E-state index contributed by atoms with van der Waals surface area (Å²) in [6.07, 6.45) is 4.79.